The molecular formula is C48H50N6O6S2. The SMILES string of the molecule is CN(C)CC[C@H](CSc1ccccc1)Nc1ccc(S(=O)(=O)NC(=O)c2ccc(N3CCN(Cc4ccccc4-c4ccc(Oc5ccccc5)cc4)CC3)cc2)cc1[N+](=O)[O-]. The predicted octanol–water partition coefficient (Wildman–Crippen LogP) is 9.02. The third-order valence-corrected chi connectivity index (χ3v) is 13.1. The van der Waals surface area contributed by atoms with E-state index in [-0.39, 0.29) is 22.2 Å². The van der Waals surface area contributed by atoms with Crippen LogP contribution in [0.15, 0.2) is 161 Å². The van der Waals surface area contributed by atoms with Gasteiger partial charge in [-0.3, -0.25) is 19.8 Å². The van der Waals surface area contributed by atoms with Gasteiger partial charge in [-0.25, -0.2) is 13.1 Å². The number of para-hydroxylation sites is 1. The lowest BCUT2D eigenvalue weighted by atomic mass is 9.99. The van der Waals surface area contributed by atoms with Gasteiger partial charge in [-0.1, -0.05) is 72.8 Å². The van der Waals surface area contributed by atoms with Gasteiger partial charge in [-0.2, -0.15) is 0 Å². The molecular weight excluding hydrogens is 821 g/mol. The average molecular weight is 871 g/mol. The van der Waals surface area contributed by atoms with E-state index >= 15 is 0 Å². The Bertz CT molecular complexity index is 2540. The zero-order valence-corrected chi connectivity index (χ0v) is 36.4. The molecule has 6 aromatic rings. The molecule has 0 bridgehead atoms. The Morgan fingerprint density at radius 1 is 0.806 bits per heavy atom. The molecule has 0 unspecified atom stereocenters. The summed E-state index contributed by atoms with van der Waals surface area (Å²) < 4.78 is 34.9. The summed E-state index contributed by atoms with van der Waals surface area (Å²) in [6.45, 7) is 4.77. The second-order valence-corrected chi connectivity index (χ2v) is 18.1. The molecule has 1 saturated heterocycles. The fraction of sp³-hybridized carbons (Fsp3) is 0.229. The molecule has 6 aromatic carbocycles. The molecule has 14 heteroatoms. The largest absolute Gasteiger partial charge is 0.457 e. The maximum absolute atomic E-state index is 13.4. The number of carbonyl (C=O) groups is 1. The molecule has 62 heavy (non-hydrogen) atoms. The van der Waals surface area contributed by atoms with Gasteiger partial charge in [0.05, 0.1) is 9.82 Å². The fourth-order valence-corrected chi connectivity index (χ4v) is 9.22. The Kier molecular flexibility index (Phi) is 14.6. The number of amides is 1. The fourth-order valence-electron chi connectivity index (χ4n) is 7.23. The molecule has 0 aromatic heterocycles. The van der Waals surface area contributed by atoms with Gasteiger partial charge in [0.1, 0.15) is 17.2 Å². The molecule has 1 aliphatic rings. The first-order valence-corrected chi connectivity index (χ1v) is 22.9. The molecule has 0 spiro atoms. The molecule has 2 N–H and O–H groups in total. The van der Waals surface area contributed by atoms with E-state index in [1.165, 1.54) is 23.3 Å². The summed E-state index contributed by atoms with van der Waals surface area (Å²) in [5.74, 6) is 1.39. The minimum atomic E-state index is -4.44. The lowest BCUT2D eigenvalue weighted by Crippen LogP contribution is -2.46. The van der Waals surface area contributed by atoms with E-state index < -0.39 is 26.5 Å². The van der Waals surface area contributed by atoms with Gasteiger partial charge in [-0.15, -0.1) is 11.8 Å². The summed E-state index contributed by atoms with van der Waals surface area (Å²) in [4.78, 5) is 32.2. The first kappa shape index (κ1) is 43.9. The molecule has 1 amide bonds. The number of sulfonamides is 1. The lowest BCUT2D eigenvalue weighted by Gasteiger charge is -2.36. The van der Waals surface area contributed by atoms with Crippen LogP contribution >= 0.6 is 11.8 Å². The van der Waals surface area contributed by atoms with Crippen LogP contribution in [-0.4, -0.2) is 87.7 Å². The summed E-state index contributed by atoms with van der Waals surface area (Å²) in [7, 11) is -0.518. The highest BCUT2D eigenvalue weighted by atomic mass is 32.2. The maximum Gasteiger partial charge on any atom is 0.293 e. The zero-order valence-electron chi connectivity index (χ0n) is 34.7. The number of ether oxygens (including phenoxy) is 1. The standard InChI is InChI=1S/C48H50N6O6S2/c1-51(2)28-27-39(35-61-43-14-7-4-8-15-43)49-46-26-25-44(33-47(46)54(56)57)62(58,59)50-48(55)37-17-21-40(22-18-37)53-31-29-52(30-32-53)34-38-11-9-10-16-45(38)36-19-23-42(24-20-36)60-41-12-5-3-6-13-41/h3-26,33,39,49H,27-32,34-35H2,1-2H3,(H,50,55)/t39-/m1/s1. The highest BCUT2D eigenvalue weighted by molar-refractivity contribution is 7.99. The van der Waals surface area contributed by atoms with E-state index in [1.54, 1.807) is 23.9 Å². The number of nitrogens with zero attached hydrogens (tertiary/aromatic N) is 4. The van der Waals surface area contributed by atoms with Gasteiger partial charge < -0.3 is 19.9 Å². The van der Waals surface area contributed by atoms with Crippen molar-refractivity contribution in [1.29, 1.82) is 0 Å². The molecule has 1 fully saturated rings. The van der Waals surface area contributed by atoms with Crippen LogP contribution in [0.3, 0.4) is 0 Å². The molecule has 0 saturated carbocycles. The summed E-state index contributed by atoms with van der Waals surface area (Å²) in [5, 5.41) is 15.5. The van der Waals surface area contributed by atoms with Crippen LogP contribution in [0.4, 0.5) is 17.1 Å². The van der Waals surface area contributed by atoms with E-state index in [0.717, 1.165) is 73.0 Å². The van der Waals surface area contributed by atoms with Gasteiger partial charge in [0, 0.05) is 66.7 Å². The third-order valence-electron chi connectivity index (χ3n) is 10.6. The lowest BCUT2D eigenvalue weighted by molar-refractivity contribution is -0.384. The summed E-state index contributed by atoms with van der Waals surface area (Å²) in [5.41, 5.74) is 4.43. The van der Waals surface area contributed by atoms with Crippen LogP contribution in [0.25, 0.3) is 11.1 Å². The van der Waals surface area contributed by atoms with Crippen molar-refractivity contribution in [3.05, 3.63) is 173 Å². The van der Waals surface area contributed by atoms with Gasteiger partial charge in [0.15, 0.2) is 0 Å². The van der Waals surface area contributed by atoms with E-state index in [1.807, 2.05) is 104 Å². The number of anilines is 2. The first-order valence-electron chi connectivity index (χ1n) is 20.4. The number of carbonyl (C=O) groups excluding carboxylic acids is 1. The van der Waals surface area contributed by atoms with Crippen molar-refractivity contribution in [3.63, 3.8) is 0 Å². The van der Waals surface area contributed by atoms with Crippen molar-refractivity contribution in [2.75, 3.05) is 62.8 Å². The van der Waals surface area contributed by atoms with Crippen LogP contribution in [0, 0.1) is 10.1 Å². The van der Waals surface area contributed by atoms with E-state index in [9.17, 15) is 23.3 Å². The predicted molar refractivity (Wildman–Crippen MR) is 248 cm³/mol. The highest BCUT2D eigenvalue weighted by Crippen LogP contribution is 2.32. The Balaban J connectivity index is 0.936. The number of rotatable bonds is 18. The van der Waals surface area contributed by atoms with E-state index in [4.69, 9.17) is 4.74 Å². The number of nitro groups is 1. The molecule has 1 aliphatic heterocycles. The van der Waals surface area contributed by atoms with Crippen LogP contribution in [0.1, 0.15) is 22.3 Å². The monoisotopic (exact) mass is 870 g/mol. The normalized spacial score (nSPS) is 13.7. The van der Waals surface area contributed by atoms with E-state index in [2.05, 4.69) is 56.2 Å². The second-order valence-electron chi connectivity index (χ2n) is 15.3. The van der Waals surface area contributed by atoms with Crippen LogP contribution in [-0.2, 0) is 16.6 Å². The number of thioether (sulfide) groups is 1. The Morgan fingerprint density at radius 2 is 1.45 bits per heavy atom. The van der Waals surface area contributed by atoms with Crippen molar-refractivity contribution in [2.24, 2.45) is 0 Å². The average Bonchev–Trinajstić information content (AvgIpc) is 3.28. The molecule has 7 rings (SSSR count). The number of nitro benzene ring substituents is 1. The van der Waals surface area contributed by atoms with Crippen LogP contribution in [0.5, 0.6) is 11.5 Å². The summed E-state index contributed by atoms with van der Waals surface area (Å²) >= 11 is 1.63. The van der Waals surface area contributed by atoms with Crippen molar-refractivity contribution in [2.45, 2.75) is 28.8 Å². The Labute approximate surface area is 367 Å². The summed E-state index contributed by atoms with van der Waals surface area (Å²) in [6, 6.07) is 46.5. The summed E-state index contributed by atoms with van der Waals surface area (Å²) in [6.07, 6.45) is 0.702. The van der Waals surface area contributed by atoms with Gasteiger partial charge in [0.25, 0.3) is 21.6 Å². The minimum Gasteiger partial charge on any atom is -0.457 e. The highest BCUT2D eigenvalue weighted by Gasteiger charge is 2.26. The zero-order chi connectivity index (χ0) is 43.5. The van der Waals surface area contributed by atoms with E-state index in [0.29, 0.717) is 12.2 Å². The third kappa shape index (κ3) is 11.8. The number of nitrogens with one attached hydrogen (secondary N) is 2. The number of benzene rings is 6. The van der Waals surface area contributed by atoms with Crippen molar-refractivity contribution < 1.29 is 22.9 Å². The van der Waals surface area contributed by atoms with Gasteiger partial charge >= 0.3 is 0 Å². The molecule has 1 atom stereocenters. The molecule has 320 valence electrons. The Hall–Kier alpha value is -6.19. The van der Waals surface area contributed by atoms with Gasteiger partial charge in [0.2, 0.25) is 0 Å². The molecule has 12 nitrogen and oxygen atoms in total. The maximum atomic E-state index is 13.4. The van der Waals surface area contributed by atoms with Crippen LogP contribution < -0.4 is 19.7 Å². The molecule has 0 aliphatic carbocycles. The van der Waals surface area contributed by atoms with Gasteiger partial charge in [-0.05, 0) is 117 Å². The smallest absolute Gasteiger partial charge is 0.293 e. The Morgan fingerprint density at radius 3 is 2.13 bits per heavy atom. The first-order chi connectivity index (χ1) is 30.0. The molecule has 0 radical (unpaired) electrons. The van der Waals surface area contributed by atoms with Crippen molar-refractivity contribution >= 4 is 44.8 Å². The van der Waals surface area contributed by atoms with Crippen LogP contribution in [0.2, 0.25) is 0 Å². The number of hydrogen-bond acceptors (Lipinski definition) is 11. The minimum absolute atomic E-state index is 0.144. The van der Waals surface area contributed by atoms with Crippen molar-refractivity contribution in [3.8, 4) is 22.6 Å². The topological polar surface area (TPSA) is 137 Å². The van der Waals surface area contributed by atoms with Crippen molar-refractivity contribution in [1.82, 2.24) is 14.5 Å². The quantitative estimate of drug-likeness (QED) is 0.0487. The second kappa shape index (κ2) is 20.6. The molecule has 1 heterocycles. The number of hydrogen-bond donors (Lipinski definition) is 2. The number of piperazine rings is 1.